The Kier molecular flexibility index (Phi) is 5.27. The molecule has 3 heterocycles. The van der Waals surface area contributed by atoms with E-state index in [-0.39, 0.29) is 18.3 Å². The average molecular weight is 314 g/mol. The van der Waals surface area contributed by atoms with Gasteiger partial charge in [0.15, 0.2) is 0 Å². The van der Waals surface area contributed by atoms with Crippen LogP contribution in [-0.4, -0.2) is 41.6 Å². The van der Waals surface area contributed by atoms with Crippen LogP contribution in [0, 0.1) is 19.8 Å². The average Bonchev–Trinajstić information content (AvgIpc) is 3.09. The first-order valence-electron chi connectivity index (χ1n) is 7.62. The van der Waals surface area contributed by atoms with E-state index in [2.05, 4.69) is 10.5 Å². The largest absolute Gasteiger partial charge is 0.361 e. The van der Waals surface area contributed by atoms with E-state index in [0.717, 1.165) is 38.4 Å². The Morgan fingerprint density at radius 3 is 2.52 bits per heavy atom. The van der Waals surface area contributed by atoms with Gasteiger partial charge in [-0.2, -0.15) is 0 Å². The number of aromatic nitrogens is 1. The van der Waals surface area contributed by atoms with E-state index in [1.165, 1.54) is 12.8 Å². The molecule has 0 aromatic carbocycles. The standard InChI is InChI=1S/C15H23N3O2.ClH/c1-10-14(11(2)20-17-10)15(19)18-8-5-12(6-9-18)13-4-3-7-16-13;/h12-13,16H,3-9H2,1-2H3;1H. The Morgan fingerprint density at radius 1 is 1.29 bits per heavy atom. The van der Waals surface area contributed by atoms with Gasteiger partial charge in [0.25, 0.3) is 5.91 Å². The number of hydrogen-bond donors (Lipinski definition) is 1. The zero-order valence-corrected chi connectivity index (χ0v) is 13.5. The second kappa shape index (κ2) is 6.79. The zero-order chi connectivity index (χ0) is 14.1. The van der Waals surface area contributed by atoms with Gasteiger partial charge in [0, 0.05) is 19.1 Å². The molecule has 2 saturated heterocycles. The van der Waals surface area contributed by atoms with E-state index in [4.69, 9.17) is 4.52 Å². The lowest BCUT2D eigenvalue weighted by molar-refractivity contribution is 0.0672. The Hall–Kier alpha value is -1.07. The maximum Gasteiger partial charge on any atom is 0.259 e. The van der Waals surface area contributed by atoms with Crippen molar-refractivity contribution >= 4 is 18.3 Å². The highest BCUT2D eigenvalue weighted by atomic mass is 35.5. The molecule has 0 saturated carbocycles. The summed E-state index contributed by atoms with van der Waals surface area (Å²) in [6.07, 6.45) is 4.80. The van der Waals surface area contributed by atoms with Crippen molar-refractivity contribution in [1.29, 1.82) is 0 Å². The van der Waals surface area contributed by atoms with Crippen LogP contribution < -0.4 is 5.32 Å². The molecule has 3 rings (SSSR count). The maximum absolute atomic E-state index is 12.5. The molecule has 118 valence electrons. The van der Waals surface area contributed by atoms with Crippen LogP contribution in [0.15, 0.2) is 4.52 Å². The molecular weight excluding hydrogens is 290 g/mol. The van der Waals surface area contributed by atoms with Crippen LogP contribution in [-0.2, 0) is 0 Å². The fourth-order valence-electron chi connectivity index (χ4n) is 3.57. The first kappa shape index (κ1) is 16.3. The topological polar surface area (TPSA) is 58.4 Å². The first-order valence-corrected chi connectivity index (χ1v) is 7.62. The number of hydrogen-bond acceptors (Lipinski definition) is 4. The van der Waals surface area contributed by atoms with E-state index in [1.54, 1.807) is 0 Å². The number of aryl methyl sites for hydroxylation is 2. The van der Waals surface area contributed by atoms with Crippen molar-refractivity contribution in [2.45, 2.75) is 45.6 Å². The van der Waals surface area contributed by atoms with Gasteiger partial charge in [-0.3, -0.25) is 4.79 Å². The summed E-state index contributed by atoms with van der Waals surface area (Å²) in [6.45, 7) is 6.50. The molecule has 6 heteroatoms. The Bertz CT molecular complexity index is 470. The van der Waals surface area contributed by atoms with Crippen molar-refractivity contribution < 1.29 is 9.32 Å². The van der Waals surface area contributed by atoms with Crippen molar-refractivity contribution in [2.24, 2.45) is 5.92 Å². The van der Waals surface area contributed by atoms with Gasteiger partial charge in [0.1, 0.15) is 11.3 Å². The van der Waals surface area contributed by atoms with E-state index >= 15 is 0 Å². The number of halogens is 1. The minimum atomic E-state index is 0. The highest BCUT2D eigenvalue weighted by molar-refractivity contribution is 5.96. The molecule has 2 aliphatic rings. The summed E-state index contributed by atoms with van der Waals surface area (Å²) in [5, 5.41) is 7.47. The van der Waals surface area contributed by atoms with Crippen LogP contribution in [0.5, 0.6) is 0 Å². The lowest BCUT2D eigenvalue weighted by Crippen LogP contribution is -2.43. The molecule has 21 heavy (non-hydrogen) atoms. The Balaban J connectivity index is 0.00000161. The lowest BCUT2D eigenvalue weighted by Gasteiger charge is -2.34. The number of carbonyl (C=O) groups is 1. The van der Waals surface area contributed by atoms with Crippen LogP contribution >= 0.6 is 12.4 Å². The molecule has 1 aromatic rings. The molecule has 1 unspecified atom stereocenters. The van der Waals surface area contributed by atoms with Gasteiger partial charge in [0.05, 0.1) is 5.69 Å². The summed E-state index contributed by atoms with van der Waals surface area (Å²) in [7, 11) is 0. The van der Waals surface area contributed by atoms with Gasteiger partial charge < -0.3 is 14.7 Å². The molecule has 2 aliphatic heterocycles. The number of likely N-dealkylation sites (tertiary alicyclic amines) is 1. The van der Waals surface area contributed by atoms with E-state index < -0.39 is 0 Å². The second-order valence-corrected chi connectivity index (χ2v) is 6.03. The van der Waals surface area contributed by atoms with Crippen molar-refractivity contribution in [3.05, 3.63) is 17.0 Å². The van der Waals surface area contributed by atoms with Gasteiger partial charge in [-0.25, -0.2) is 0 Å². The minimum Gasteiger partial charge on any atom is -0.361 e. The summed E-state index contributed by atoms with van der Waals surface area (Å²) in [4.78, 5) is 14.5. The maximum atomic E-state index is 12.5. The monoisotopic (exact) mass is 313 g/mol. The molecule has 1 atom stereocenters. The van der Waals surface area contributed by atoms with Crippen LogP contribution in [0.2, 0.25) is 0 Å². The number of rotatable bonds is 2. The normalized spacial score (nSPS) is 23.1. The number of amides is 1. The number of carbonyl (C=O) groups excluding carboxylic acids is 1. The quantitative estimate of drug-likeness (QED) is 0.910. The van der Waals surface area contributed by atoms with Gasteiger partial charge >= 0.3 is 0 Å². The van der Waals surface area contributed by atoms with E-state index in [0.29, 0.717) is 23.1 Å². The number of nitrogens with one attached hydrogen (secondary N) is 1. The highest BCUT2D eigenvalue weighted by Crippen LogP contribution is 2.27. The second-order valence-electron chi connectivity index (χ2n) is 6.03. The molecule has 0 aliphatic carbocycles. The predicted octanol–water partition coefficient (Wildman–Crippen LogP) is 2.32. The van der Waals surface area contributed by atoms with Crippen LogP contribution in [0.4, 0.5) is 0 Å². The zero-order valence-electron chi connectivity index (χ0n) is 12.7. The molecule has 1 amide bonds. The molecule has 5 nitrogen and oxygen atoms in total. The fraction of sp³-hybridized carbons (Fsp3) is 0.733. The van der Waals surface area contributed by atoms with Gasteiger partial charge in [-0.15, -0.1) is 12.4 Å². The third kappa shape index (κ3) is 3.24. The lowest BCUT2D eigenvalue weighted by atomic mass is 9.88. The fourth-order valence-corrected chi connectivity index (χ4v) is 3.57. The van der Waals surface area contributed by atoms with Gasteiger partial charge in [-0.1, -0.05) is 5.16 Å². The van der Waals surface area contributed by atoms with Crippen molar-refractivity contribution in [3.63, 3.8) is 0 Å². The van der Waals surface area contributed by atoms with Crippen LogP contribution in [0.25, 0.3) is 0 Å². The minimum absolute atomic E-state index is 0. The SMILES string of the molecule is Cc1noc(C)c1C(=O)N1CCC(C2CCCN2)CC1.Cl. The Morgan fingerprint density at radius 2 is 2.00 bits per heavy atom. The molecule has 0 radical (unpaired) electrons. The van der Waals surface area contributed by atoms with Crippen molar-refractivity contribution in [3.8, 4) is 0 Å². The summed E-state index contributed by atoms with van der Waals surface area (Å²) < 4.78 is 5.10. The first-order chi connectivity index (χ1) is 9.66. The Labute approximate surface area is 131 Å². The third-order valence-corrected chi connectivity index (χ3v) is 4.74. The predicted molar refractivity (Wildman–Crippen MR) is 82.9 cm³/mol. The molecule has 2 fully saturated rings. The molecular formula is C15H24ClN3O2. The summed E-state index contributed by atoms with van der Waals surface area (Å²) in [5.41, 5.74) is 1.36. The summed E-state index contributed by atoms with van der Waals surface area (Å²) in [6, 6.07) is 0.673. The molecule has 0 bridgehead atoms. The number of piperidine rings is 1. The molecule has 1 aromatic heterocycles. The van der Waals surface area contributed by atoms with Crippen molar-refractivity contribution in [1.82, 2.24) is 15.4 Å². The van der Waals surface area contributed by atoms with Gasteiger partial charge in [0.2, 0.25) is 0 Å². The highest BCUT2D eigenvalue weighted by Gasteiger charge is 2.31. The molecule has 1 N–H and O–H groups in total. The summed E-state index contributed by atoms with van der Waals surface area (Å²) >= 11 is 0. The van der Waals surface area contributed by atoms with Crippen LogP contribution in [0.1, 0.15) is 47.5 Å². The van der Waals surface area contributed by atoms with Crippen molar-refractivity contribution in [2.75, 3.05) is 19.6 Å². The molecule has 0 spiro atoms. The summed E-state index contributed by atoms with van der Waals surface area (Å²) in [5.74, 6) is 1.44. The van der Waals surface area contributed by atoms with E-state index in [1.807, 2.05) is 18.7 Å². The van der Waals surface area contributed by atoms with Gasteiger partial charge in [-0.05, 0) is 52.0 Å². The third-order valence-electron chi connectivity index (χ3n) is 4.74. The van der Waals surface area contributed by atoms with E-state index in [9.17, 15) is 4.79 Å². The smallest absolute Gasteiger partial charge is 0.259 e. The number of nitrogens with zero attached hydrogens (tertiary/aromatic N) is 2. The van der Waals surface area contributed by atoms with Crippen LogP contribution in [0.3, 0.4) is 0 Å².